The smallest absolute Gasteiger partial charge is 0.332 e. The first-order chi connectivity index (χ1) is 5.22. The SMILES string of the molecule is CCOC(CN=[N+]=[N-])C(=O)O. The maximum Gasteiger partial charge on any atom is 0.332 e. The minimum atomic E-state index is -1.11. The van der Waals surface area contributed by atoms with Gasteiger partial charge in [-0.05, 0) is 12.5 Å². The molecule has 0 saturated carbocycles. The van der Waals surface area contributed by atoms with Crippen LogP contribution >= 0.6 is 0 Å². The minimum Gasteiger partial charge on any atom is -0.479 e. The summed E-state index contributed by atoms with van der Waals surface area (Å²) in [5.74, 6) is -1.11. The van der Waals surface area contributed by atoms with Gasteiger partial charge in [0.15, 0.2) is 6.10 Å². The average molecular weight is 159 g/mol. The maximum absolute atomic E-state index is 10.3. The zero-order valence-corrected chi connectivity index (χ0v) is 6.10. The van der Waals surface area contributed by atoms with Crippen molar-refractivity contribution in [2.75, 3.05) is 13.2 Å². The van der Waals surface area contributed by atoms with Gasteiger partial charge in [0.05, 0.1) is 6.54 Å². The predicted octanol–water partition coefficient (Wildman–Crippen LogP) is 0.786. The van der Waals surface area contributed by atoms with Crippen LogP contribution in [-0.2, 0) is 9.53 Å². The fraction of sp³-hybridized carbons (Fsp3) is 0.800. The van der Waals surface area contributed by atoms with Gasteiger partial charge < -0.3 is 9.84 Å². The molecule has 0 aromatic heterocycles. The third-order valence-corrected chi connectivity index (χ3v) is 0.954. The Kier molecular flexibility index (Phi) is 4.89. The highest BCUT2D eigenvalue weighted by Crippen LogP contribution is 1.93. The molecule has 0 aliphatic carbocycles. The lowest BCUT2D eigenvalue weighted by molar-refractivity contribution is -0.149. The lowest BCUT2D eigenvalue weighted by Gasteiger charge is -2.07. The van der Waals surface area contributed by atoms with Gasteiger partial charge in [0.25, 0.3) is 0 Å². The summed E-state index contributed by atoms with van der Waals surface area (Å²) >= 11 is 0. The van der Waals surface area contributed by atoms with Crippen molar-refractivity contribution in [2.24, 2.45) is 5.11 Å². The molecule has 0 aliphatic rings. The Morgan fingerprint density at radius 2 is 2.55 bits per heavy atom. The molecule has 0 spiro atoms. The molecule has 0 radical (unpaired) electrons. The van der Waals surface area contributed by atoms with Crippen molar-refractivity contribution in [3.05, 3.63) is 10.4 Å². The minimum absolute atomic E-state index is 0.167. The summed E-state index contributed by atoms with van der Waals surface area (Å²) in [6, 6.07) is 0. The first kappa shape index (κ1) is 9.74. The monoisotopic (exact) mass is 159 g/mol. The maximum atomic E-state index is 10.3. The summed E-state index contributed by atoms with van der Waals surface area (Å²) < 4.78 is 4.74. The van der Waals surface area contributed by atoms with E-state index < -0.39 is 12.1 Å². The Labute approximate surface area is 63.4 Å². The van der Waals surface area contributed by atoms with Crippen molar-refractivity contribution in [3.8, 4) is 0 Å². The second-order valence-corrected chi connectivity index (χ2v) is 1.70. The summed E-state index contributed by atoms with van der Waals surface area (Å²) in [6.07, 6.45) is -1.02. The lowest BCUT2D eigenvalue weighted by Crippen LogP contribution is -2.26. The molecule has 1 atom stereocenters. The van der Waals surface area contributed by atoms with Crippen LogP contribution in [0, 0.1) is 0 Å². The number of azide groups is 1. The zero-order chi connectivity index (χ0) is 8.69. The summed E-state index contributed by atoms with van der Waals surface area (Å²) in [6.45, 7) is 1.80. The van der Waals surface area contributed by atoms with Gasteiger partial charge in [-0.1, -0.05) is 5.11 Å². The number of nitrogens with zero attached hydrogens (tertiary/aromatic N) is 3. The van der Waals surface area contributed by atoms with Gasteiger partial charge in [-0.25, -0.2) is 4.79 Å². The highest BCUT2D eigenvalue weighted by atomic mass is 16.5. The average Bonchev–Trinajstić information content (AvgIpc) is 1.97. The van der Waals surface area contributed by atoms with Crippen molar-refractivity contribution in [1.29, 1.82) is 0 Å². The Bertz CT molecular complexity index is 176. The van der Waals surface area contributed by atoms with Crippen LogP contribution in [0.1, 0.15) is 6.92 Å². The van der Waals surface area contributed by atoms with Crippen molar-refractivity contribution < 1.29 is 14.6 Å². The summed E-state index contributed by atoms with van der Waals surface area (Å²) in [5.41, 5.74) is 7.87. The van der Waals surface area contributed by atoms with Crippen LogP contribution in [0.2, 0.25) is 0 Å². The second kappa shape index (κ2) is 5.52. The molecule has 11 heavy (non-hydrogen) atoms. The van der Waals surface area contributed by atoms with Crippen LogP contribution in [0.25, 0.3) is 10.4 Å². The van der Waals surface area contributed by atoms with Crippen LogP contribution in [-0.4, -0.2) is 30.3 Å². The normalized spacial score (nSPS) is 11.7. The standard InChI is InChI=1S/C5H9N3O3/c1-2-11-4(5(9)10)3-7-8-6/h4H,2-3H2,1H3,(H,9,10). The Hall–Kier alpha value is -1.26. The highest BCUT2D eigenvalue weighted by Gasteiger charge is 2.15. The molecule has 1 unspecified atom stereocenters. The van der Waals surface area contributed by atoms with Gasteiger partial charge in [-0.3, -0.25) is 0 Å². The fourth-order valence-electron chi connectivity index (χ4n) is 0.514. The molecular formula is C5H9N3O3. The number of carboxylic acids is 1. The Morgan fingerprint density at radius 3 is 2.91 bits per heavy atom. The first-order valence-electron chi connectivity index (χ1n) is 3.07. The second-order valence-electron chi connectivity index (χ2n) is 1.70. The third-order valence-electron chi connectivity index (χ3n) is 0.954. The van der Waals surface area contributed by atoms with E-state index in [0.29, 0.717) is 0 Å². The molecule has 1 N–H and O–H groups in total. The molecule has 62 valence electrons. The Balaban J connectivity index is 3.88. The van der Waals surface area contributed by atoms with Crippen LogP contribution in [0.3, 0.4) is 0 Å². The van der Waals surface area contributed by atoms with Gasteiger partial charge in [0, 0.05) is 11.5 Å². The van der Waals surface area contributed by atoms with Gasteiger partial charge in [-0.2, -0.15) is 0 Å². The molecule has 0 bridgehead atoms. The molecule has 6 heteroatoms. The van der Waals surface area contributed by atoms with E-state index >= 15 is 0 Å². The number of aliphatic carboxylic acids is 1. The van der Waals surface area contributed by atoms with E-state index in [2.05, 4.69) is 10.0 Å². The zero-order valence-electron chi connectivity index (χ0n) is 6.10. The number of rotatable bonds is 5. The van der Waals surface area contributed by atoms with Crippen molar-refractivity contribution in [2.45, 2.75) is 13.0 Å². The van der Waals surface area contributed by atoms with E-state index in [1.165, 1.54) is 0 Å². The molecule has 0 rings (SSSR count). The number of carboxylic acid groups (broad SMARTS) is 1. The van der Waals surface area contributed by atoms with E-state index in [9.17, 15) is 4.79 Å². The summed E-state index contributed by atoms with van der Waals surface area (Å²) in [5, 5.41) is 11.5. The van der Waals surface area contributed by atoms with Crippen molar-refractivity contribution >= 4 is 5.97 Å². The van der Waals surface area contributed by atoms with Crippen LogP contribution in [0.5, 0.6) is 0 Å². The first-order valence-corrected chi connectivity index (χ1v) is 3.07. The molecule has 0 amide bonds. The van der Waals surface area contributed by atoms with Crippen LogP contribution in [0.4, 0.5) is 0 Å². The largest absolute Gasteiger partial charge is 0.479 e. The summed E-state index contributed by atoms with van der Waals surface area (Å²) in [7, 11) is 0. The van der Waals surface area contributed by atoms with E-state index in [1.807, 2.05) is 0 Å². The van der Waals surface area contributed by atoms with Crippen LogP contribution < -0.4 is 0 Å². The Morgan fingerprint density at radius 1 is 1.91 bits per heavy atom. The number of ether oxygens (including phenoxy) is 1. The van der Waals surface area contributed by atoms with Crippen molar-refractivity contribution in [1.82, 2.24) is 0 Å². The molecule has 0 aromatic carbocycles. The summed E-state index contributed by atoms with van der Waals surface area (Å²) in [4.78, 5) is 12.7. The fourth-order valence-corrected chi connectivity index (χ4v) is 0.514. The van der Waals surface area contributed by atoms with E-state index in [0.717, 1.165) is 0 Å². The molecule has 0 heterocycles. The van der Waals surface area contributed by atoms with E-state index in [4.69, 9.17) is 15.4 Å². The number of hydrogen-bond donors (Lipinski definition) is 1. The third kappa shape index (κ3) is 4.19. The van der Waals surface area contributed by atoms with Gasteiger partial charge >= 0.3 is 5.97 Å². The molecule has 0 aliphatic heterocycles. The quantitative estimate of drug-likeness (QED) is 0.364. The highest BCUT2D eigenvalue weighted by molar-refractivity contribution is 5.72. The number of hydrogen-bond acceptors (Lipinski definition) is 3. The van der Waals surface area contributed by atoms with Gasteiger partial charge in [0.1, 0.15) is 0 Å². The van der Waals surface area contributed by atoms with E-state index in [1.54, 1.807) is 6.92 Å². The van der Waals surface area contributed by atoms with Gasteiger partial charge in [0.2, 0.25) is 0 Å². The van der Waals surface area contributed by atoms with E-state index in [-0.39, 0.29) is 13.2 Å². The molecular weight excluding hydrogens is 150 g/mol. The van der Waals surface area contributed by atoms with Crippen LogP contribution in [0.15, 0.2) is 5.11 Å². The topological polar surface area (TPSA) is 95.3 Å². The van der Waals surface area contributed by atoms with Crippen molar-refractivity contribution in [3.63, 3.8) is 0 Å². The molecule has 6 nitrogen and oxygen atoms in total. The molecule has 0 fully saturated rings. The molecule has 0 saturated heterocycles. The predicted molar refractivity (Wildman–Crippen MR) is 37.1 cm³/mol. The lowest BCUT2D eigenvalue weighted by atomic mass is 10.4. The molecule has 0 aromatic rings. The number of carbonyl (C=O) groups is 1. The van der Waals surface area contributed by atoms with Gasteiger partial charge in [-0.15, -0.1) is 0 Å².